The van der Waals surface area contributed by atoms with Crippen LogP contribution < -0.4 is 16.0 Å². The van der Waals surface area contributed by atoms with Crippen molar-refractivity contribution in [2.45, 2.75) is 217 Å². The molecule has 0 saturated carbocycles. The van der Waals surface area contributed by atoms with Gasteiger partial charge in [-0.05, 0) is 133 Å². The van der Waals surface area contributed by atoms with Gasteiger partial charge in [0.15, 0.2) is 5.78 Å². The van der Waals surface area contributed by atoms with E-state index in [1.54, 1.807) is 11.9 Å². The van der Waals surface area contributed by atoms with Crippen molar-refractivity contribution in [1.82, 2.24) is 55.7 Å². The van der Waals surface area contributed by atoms with Crippen LogP contribution in [0.4, 0.5) is 0 Å². The number of carbonyl (C=O) groups excluding carboxylic acids is 6. The van der Waals surface area contributed by atoms with Crippen LogP contribution in [-0.4, -0.2) is 118 Å². The molecule has 4 fully saturated rings. The van der Waals surface area contributed by atoms with E-state index in [9.17, 15) is 28.8 Å². The number of likely N-dealkylation sites (N-methyl/N-ethyl adjacent to an activating group) is 1. The summed E-state index contributed by atoms with van der Waals surface area (Å²) in [7, 11) is 1.76. The minimum atomic E-state index is -0.634. The van der Waals surface area contributed by atoms with Gasteiger partial charge >= 0.3 is 0 Å². The van der Waals surface area contributed by atoms with Crippen molar-refractivity contribution >= 4 is 35.2 Å². The molecule has 0 spiro atoms. The van der Waals surface area contributed by atoms with Crippen molar-refractivity contribution in [1.29, 1.82) is 0 Å². The van der Waals surface area contributed by atoms with Gasteiger partial charge in [0.2, 0.25) is 23.6 Å². The number of benzene rings is 3. The van der Waals surface area contributed by atoms with Gasteiger partial charge < -0.3 is 25.8 Å². The second-order valence-corrected chi connectivity index (χ2v) is 23.8. The Labute approximate surface area is 484 Å². The summed E-state index contributed by atoms with van der Waals surface area (Å²) in [6.45, 7) is 7.06. The predicted octanol–water partition coefficient (Wildman–Crippen LogP) is 8.79. The van der Waals surface area contributed by atoms with Crippen LogP contribution in [0.5, 0.6) is 0 Å². The largest absolute Gasteiger partial charge is 0.344 e. The maximum atomic E-state index is 14.4. The van der Waals surface area contributed by atoms with Crippen molar-refractivity contribution in [2.75, 3.05) is 7.05 Å². The molecule has 9 rings (SSSR count). The summed E-state index contributed by atoms with van der Waals surface area (Å²) in [5.74, 6) is -1.34. The molecule has 2 aromatic heterocycles. The molecule has 6 heterocycles. The third-order valence-corrected chi connectivity index (χ3v) is 18.2. The van der Waals surface area contributed by atoms with Crippen molar-refractivity contribution in [3.05, 3.63) is 131 Å². The summed E-state index contributed by atoms with van der Waals surface area (Å²) in [4.78, 5) is 86.6. The van der Waals surface area contributed by atoms with Gasteiger partial charge in [-0.1, -0.05) is 135 Å². The average molecular weight is 1120 g/mol. The molecule has 0 aliphatic carbocycles. The molecule has 82 heavy (non-hydrogen) atoms. The first-order valence-corrected chi connectivity index (χ1v) is 30.8. The van der Waals surface area contributed by atoms with Gasteiger partial charge in [-0.3, -0.25) is 38.1 Å². The number of carbonyl (C=O) groups is 6. The number of Topliss-reactive ketones (excluding diaryl/α,β-unsaturated/α-hetero) is 2. The zero-order chi connectivity index (χ0) is 57.5. The smallest absolute Gasteiger partial charge is 0.246 e. The quantitative estimate of drug-likeness (QED) is 0.0446. The van der Waals surface area contributed by atoms with Crippen LogP contribution >= 0.6 is 0 Å². The van der Waals surface area contributed by atoms with E-state index in [1.807, 2.05) is 108 Å². The summed E-state index contributed by atoms with van der Waals surface area (Å²) in [5.41, 5.74) is 5.83. The molecule has 5 aromatic rings. The molecule has 10 atom stereocenters. The number of fused-ring (bicyclic) bond motifs is 2. The highest BCUT2D eigenvalue weighted by atomic mass is 16.2. The zero-order valence-corrected chi connectivity index (χ0v) is 48.8. The number of amides is 4. The summed E-state index contributed by atoms with van der Waals surface area (Å²) in [6, 6.07) is 26.0. The Morgan fingerprint density at radius 3 is 1.78 bits per heavy atom. The fraction of sp³-hybridized carbons (Fsp3) is 0.569. The van der Waals surface area contributed by atoms with E-state index in [4.69, 9.17) is 0 Å². The van der Waals surface area contributed by atoms with Crippen LogP contribution in [0, 0.1) is 11.8 Å². The first kappa shape index (κ1) is 59.7. The fourth-order valence-electron chi connectivity index (χ4n) is 13.0. The Morgan fingerprint density at radius 1 is 0.622 bits per heavy atom. The number of aromatic nitrogens is 6. The minimum absolute atomic E-state index is 0.0302. The lowest BCUT2D eigenvalue weighted by atomic mass is 9.87. The lowest BCUT2D eigenvalue weighted by Gasteiger charge is -2.36. The standard InChI is InChI=1S/C65H87N11O6/c1-5-44(2)62(79)67-54-29-15-14-28-52-35-37-58(76(52)65(54)82)63(80)68-61(49-24-10-7-11-25-49)56-43-74(72-70-56)39-19-17-21-47-32-30-46(31-33-47)20-16-18-38-73-42-55(69-71-73)53(48-22-8-6-9-23-48)41-60(78)57-36-34-51-27-13-12-26-50(64(81)75(51)57)40-59(77)45(3)66-4/h6-11,22-25,30-33,42-45,50-54,57-58,61,66H,5,12-21,26-29,34-41H2,1-4H3,(H,67,79)(H,68,80)/t44-,45+,50-,51?,52?,53+,54+,57?,58+,61+/m1/s1. The van der Waals surface area contributed by atoms with E-state index in [0.717, 1.165) is 107 Å². The highest BCUT2D eigenvalue weighted by Gasteiger charge is 2.46. The molecule has 438 valence electrons. The Kier molecular flexibility index (Phi) is 21.0. The maximum Gasteiger partial charge on any atom is 0.246 e. The van der Waals surface area contributed by atoms with Crippen LogP contribution in [0.1, 0.15) is 188 Å². The molecular formula is C65H87N11O6. The molecule has 3 aromatic carbocycles. The highest BCUT2D eigenvalue weighted by molar-refractivity contribution is 5.95. The molecule has 3 N–H and O–H groups in total. The van der Waals surface area contributed by atoms with E-state index in [0.29, 0.717) is 50.9 Å². The molecular weight excluding hydrogens is 1030 g/mol. The predicted molar refractivity (Wildman–Crippen MR) is 314 cm³/mol. The highest BCUT2D eigenvalue weighted by Crippen LogP contribution is 2.38. The molecule has 3 unspecified atom stereocenters. The molecule has 17 nitrogen and oxygen atoms in total. The number of ketones is 2. The molecule has 4 aliphatic rings. The first-order valence-electron chi connectivity index (χ1n) is 30.8. The van der Waals surface area contributed by atoms with E-state index < -0.39 is 30.1 Å². The van der Waals surface area contributed by atoms with Crippen LogP contribution in [0.25, 0.3) is 0 Å². The third-order valence-electron chi connectivity index (χ3n) is 18.2. The van der Waals surface area contributed by atoms with Crippen LogP contribution in [0.15, 0.2) is 97.3 Å². The first-order chi connectivity index (χ1) is 39.9. The molecule has 4 amide bonds. The van der Waals surface area contributed by atoms with Gasteiger partial charge in [-0.2, -0.15) is 0 Å². The number of unbranched alkanes of at least 4 members (excludes halogenated alkanes) is 2. The van der Waals surface area contributed by atoms with E-state index in [2.05, 4.69) is 60.8 Å². The number of nitrogens with zero attached hydrogens (tertiary/aromatic N) is 8. The van der Waals surface area contributed by atoms with E-state index in [1.165, 1.54) is 11.1 Å². The summed E-state index contributed by atoms with van der Waals surface area (Å²) in [5, 5.41) is 27.5. The second kappa shape index (κ2) is 28.9. The van der Waals surface area contributed by atoms with Crippen LogP contribution in [-0.2, 0) is 54.7 Å². The summed E-state index contributed by atoms with van der Waals surface area (Å²) >= 11 is 0. The second-order valence-electron chi connectivity index (χ2n) is 23.8. The molecule has 0 bridgehead atoms. The third kappa shape index (κ3) is 15.0. The number of hydrogen-bond acceptors (Lipinski definition) is 11. The van der Waals surface area contributed by atoms with Crippen LogP contribution in [0.3, 0.4) is 0 Å². The van der Waals surface area contributed by atoms with Crippen molar-refractivity contribution < 1.29 is 28.8 Å². The molecule has 17 heteroatoms. The molecule has 4 aliphatic heterocycles. The van der Waals surface area contributed by atoms with Crippen molar-refractivity contribution in [3.8, 4) is 0 Å². The zero-order valence-electron chi connectivity index (χ0n) is 48.8. The van der Waals surface area contributed by atoms with Gasteiger partial charge in [-0.15, -0.1) is 10.2 Å². The Morgan fingerprint density at radius 2 is 1.17 bits per heavy atom. The fourth-order valence-corrected chi connectivity index (χ4v) is 13.0. The molecule has 4 saturated heterocycles. The number of hydrogen-bond donors (Lipinski definition) is 3. The van der Waals surface area contributed by atoms with E-state index >= 15 is 0 Å². The number of aryl methyl sites for hydroxylation is 4. The van der Waals surface area contributed by atoms with Crippen molar-refractivity contribution in [2.24, 2.45) is 11.8 Å². The minimum Gasteiger partial charge on any atom is -0.344 e. The van der Waals surface area contributed by atoms with Gasteiger partial charge in [-0.25, -0.2) is 0 Å². The summed E-state index contributed by atoms with van der Waals surface area (Å²) < 4.78 is 3.74. The Balaban J connectivity index is 0.734. The average Bonchev–Trinajstić information content (AvgIpc) is 4.39. The number of nitrogens with one attached hydrogen (secondary N) is 3. The van der Waals surface area contributed by atoms with Gasteiger partial charge in [0.25, 0.3) is 0 Å². The number of rotatable bonds is 26. The normalized spacial score (nSPS) is 22.6. The summed E-state index contributed by atoms with van der Waals surface area (Å²) in [6.07, 6.45) is 20.1. The molecule has 0 radical (unpaired) electrons. The SMILES string of the molecule is CC[C@@H](C)C(=O)N[C@H]1CCCCC2CC[C@@H](C(=O)N[C@@H](c3ccccc3)c3cn(CCCCc4ccc(CCCCn5cc([C@@H](CC(=O)C6CCC7CCCC[C@H](CC(=O)[C@H](C)NC)C(=O)N76)c6ccccc6)nn5)cc4)nn3)N2C1=O. The van der Waals surface area contributed by atoms with Gasteiger partial charge in [0.1, 0.15) is 23.6 Å². The van der Waals surface area contributed by atoms with E-state index in [-0.39, 0.29) is 78.0 Å². The van der Waals surface area contributed by atoms with Crippen LogP contribution in [0.2, 0.25) is 0 Å². The van der Waals surface area contributed by atoms with Gasteiger partial charge in [0.05, 0.1) is 30.0 Å². The van der Waals surface area contributed by atoms with Crippen molar-refractivity contribution in [3.63, 3.8) is 0 Å². The Bertz CT molecular complexity index is 2710. The lowest BCUT2D eigenvalue weighted by Crippen LogP contribution is -2.57. The van der Waals surface area contributed by atoms with Gasteiger partial charge in [0, 0.05) is 62.0 Å². The monoisotopic (exact) mass is 1120 g/mol. The Hall–Kier alpha value is -6.88. The lowest BCUT2D eigenvalue weighted by molar-refractivity contribution is -0.145. The topological polar surface area (TPSA) is 206 Å². The maximum absolute atomic E-state index is 14.4.